The molecular weight excluding hydrogens is 298 g/mol. The molecule has 0 saturated heterocycles. The van der Waals surface area contributed by atoms with Gasteiger partial charge < -0.3 is 5.32 Å². The van der Waals surface area contributed by atoms with Gasteiger partial charge in [0.15, 0.2) is 0 Å². The first-order valence-corrected chi connectivity index (χ1v) is 8.25. The second-order valence-electron chi connectivity index (χ2n) is 6.17. The number of para-hydroxylation sites is 1. The highest BCUT2D eigenvalue weighted by Crippen LogP contribution is 2.30. The minimum atomic E-state index is -0.0314. The Morgan fingerprint density at radius 2 is 1.67 bits per heavy atom. The minimum absolute atomic E-state index is 0.0314. The van der Waals surface area contributed by atoms with Gasteiger partial charge in [-0.25, -0.2) is 4.68 Å². The maximum Gasteiger partial charge on any atom is 0.255 e. The summed E-state index contributed by atoms with van der Waals surface area (Å²) >= 11 is 0. The second-order valence-corrected chi connectivity index (χ2v) is 6.17. The first-order valence-electron chi connectivity index (χ1n) is 8.25. The van der Waals surface area contributed by atoms with Gasteiger partial charge in [-0.2, -0.15) is 5.10 Å². The molecular formula is C20H19N3O. The molecule has 4 nitrogen and oxygen atoms in total. The van der Waals surface area contributed by atoms with Crippen molar-refractivity contribution in [3.63, 3.8) is 0 Å². The van der Waals surface area contributed by atoms with E-state index in [4.69, 9.17) is 0 Å². The molecule has 0 aliphatic heterocycles. The summed E-state index contributed by atoms with van der Waals surface area (Å²) in [4.78, 5) is 12.8. The van der Waals surface area contributed by atoms with E-state index in [9.17, 15) is 4.79 Å². The predicted molar refractivity (Wildman–Crippen MR) is 94.2 cm³/mol. The van der Waals surface area contributed by atoms with Gasteiger partial charge in [-0.05, 0) is 31.9 Å². The average molecular weight is 317 g/mol. The number of nitrogens with zero attached hydrogens (tertiary/aromatic N) is 2. The summed E-state index contributed by atoms with van der Waals surface area (Å²) in [6, 6.07) is 20.2. The smallest absolute Gasteiger partial charge is 0.255 e. The fourth-order valence-electron chi connectivity index (χ4n) is 2.90. The molecule has 1 heterocycles. The fraction of sp³-hybridized carbons (Fsp3) is 0.200. The highest BCUT2D eigenvalue weighted by atomic mass is 16.1. The summed E-state index contributed by atoms with van der Waals surface area (Å²) in [6.07, 6.45) is 2.14. The third kappa shape index (κ3) is 2.71. The van der Waals surface area contributed by atoms with Gasteiger partial charge in [-0.15, -0.1) is 0 Å². The van der Waals surface area contributed by atoms with Crippen LogP contribution in [0.1, 0.15) is 28.9 Å². The SMILES string of the molecule is Cc1nn(-c2ccccc2)c(-c2ccccc2)c1C(=O)NC1CC1. The highest BCUT2D eigenvalue weighted by molar-refractivity contribution is 6.01. The normalized spacial score (nSPS) is 13.7. The van der Waals surface area contributed by atoms with E-state index >= 15 is 0 Å². The molecule has 0 atom stereocenters. The predicted octanol–water partition coefficient (Wildman–Crippen LogP) is 3.74. The molecule has 4 heteroatoms. The van der Waals surface area contributed by atoms with E-state index in [2.05, 4.69) is 10.4 Å². The molecule has 0 spiro atoms. The van der Waals surface area contributed by atoms with Crippen LogP contribution in [0.25, 0.3) is 16.9 Å². The lowest BCUT2D eigenvalue weighted by Gasteiger charge is -2.10. The number of benzene rings is 2. The zero-order valence-electron chi connectivity index (χ0n) is 13.6. The van der Waals surface area contributed by atoms with E-state index in [1.165, 1.54) is 0 Å². The summed E-state index contributed by atoms with van der Waals surface area (Å²) in [5, 5.41) is 7.76. The Balaban J connectivity index is 1.89. The Labute approximate surface area is 141 Å². The number of hydrogen-bond donors (Lipinski definition) is 1. The molecule has 1 aliphatic rings. The molecule has 3 aromatic rings. The van der Waals surface area contributed by atoms with E-state index in [1.54, 1.807) is 0 Å². The second kappa shape index (κ2) is 5.96. The Morgan fingerprint density at radius 3 is 2.29 bits per heavy atom. The van der Waals surface area contributed by atoms with Gasteiger partial charge in [0.1, 0.15) is 0 Å². The number of carbonyl (C=O) groups is 1. The van der Waals surface area contributed by atoms with E-state index < -0.39 is 0 Å². The van der Waals surface area contributed by atoms with Gasteiger partial charge in [0.2, 0.25) is 0 Å². The Kier molecular flexibility index (Phi) is 3.65. The monoisotopic (exact) mass is 317 g/mol. The van der Waals surface area contributed by atoms with Crippen molar-refractivity contribution in [2.75, 3.05) is 0 Å². The molecule has 0 bridgehead atoms. The standard InChI is InChI=1S/C20H19N3O/c1-14-18(20(24)21-16-12-13-16)19(15-8-4-2-5-9-15)23(22-14)17-10-6-3-7-11-17/h2-11,16H,12-13H2,1H3,(H,21,24). The number of aryl methyl sites for hydroxylation is 1. The molecule has 0 unspecified atom stereocenters. The molecule has 1 N–H and O–H groups in total. The van der Waals surface area contributed by atoms with Crippen LogP contribution in [0.5, 0.6) is 0 Å². The van der Waals surface area contributed by atoms with Gasteiger partial charge in [0, 0.05) is 11.6 Å². The molecule has 24 heavy (non-hydrogen) atoms. The van der Waals surface area contributed by atoms with Crippen molar-refractivity contribution in [3.8, 4) is 16.9 Å². The molecule has 1 amide bonds. The van der Waals surface area contributed by atoms with Crippen molar-refractivity contribution in [2.24, 2.45) is 0 Å². The number of hydrogen-bond acceptors (Lipinski definition) is 2. The van der Waals surface area contributed by atoms with Crippen LogP contribution in [0.3, 0.4) is 0 Å². The Hall–Kier alpha value is -2.88. The van der Waals surface area contributed by atoms with Crippen LogP contribution in [0.4, 0.5) is 0 Å². The average Bonchev–Trinajstić information content (AvgIpc) is 3.36. The summed E-state index contributed by atoms with van der Waals surface area (Å²) in [5.74, 6) is -0.0314. The molecule has 1 fully saturated rings. The summed E-state index contributed by atoms with van der Waals surface area (Å²) in [5.41, 5.74) is 4.19. The van der Waals surface area contributed by atoms with Crippen LogP contribution in [-0.4, -0.2) is 21.7 Å². The van der Waals surface area contributed by atoms with Crippen LogP contribution in [0.15, 0.2) is 60.7 Å². The fourth-order valence-corrected chi connectivity index (χ4v) is 2.90. The van der Waals surface area contributed by atoms with Gasteiger partial charge in [-0.1, -0.05) is 48.5 Å². The van der Waals surface area contributed by atoms with Crippen LogP contribution in [0.2, 0.25) is 0 Å². The van der Waals surface area contributed by atoms with Crippen molar-refractivity contribution < 1.29 is 4.79 Å². The third-order valence-electron chi connectivity index (χ3n) is 4.25. The zero-order chi connectivity index (χ0) is 16.5. The lowest BCUT2D eigenvalue weighted by molar-refractivity contribution is 0.0951. The summed E-state index contributed by atoms with van der Waals surface area (Å²) in [6.45, 7) is 1.90. The summed E-state index contributed by atoms with van der Waals surface area (Å²) < 4.78 is 1.87. The first kappa shape index (κ1) is 14.7. The van der Waals surface area contributed by atoms with Crippen molar-refractivity contribution in [3.05, 3.63) is 71.9 Å². The number of aromatic nitrogens is 2. The molecule has 1 aromatic heterocycles. The molecule has 4 rings (SSSR count). The van der Waals surface area contributed by atoms with Gasteiger partial charge in [-0.3, -0.25) is 4.79 Å². The molecule has 1 saturated carbocycles. The van der Waals surface area contributed by atoms with Gasteiger partial charge >= 0.3 is 0 Å². The van der Waals surface area contributed by atoms with Crippen LogP contribution in [-0.2, 0) is 0 Å². The van der Waals surface area contributed by atoms with Gasteiger partial charge in [0.05, 0.1) is 22.6 Å². The molecule has 120 valence electrons. The van der Waals surface area contributed by atoms with Crippen molar-refractivity contribution in [1.29, 1.82) is 0 Å². The van der Waals surface area contributed by atoms with Crippen molar-refractivity contribution >= 4 is 5.91 Å². The molecule has 0 radical (unpaired) electrons. The number of nitrogens with one attached hydrogen (secondary N) is 1. The van der Waals surface area contributed by atoms with E-state index in [1.807, 2.05) is 72.3 Å². The molecule has 1 aliphatic carbocycles. The maximum atomic E-state index is 12.8. The van der Waals surface area contributed by atoms with Crippen molar-refractivity contribution in [2.45, 2.75) is 25.8 Å². The largest absolute Gasteiger partial charge is 0.349 e. The van der Waals surface area contributed by atoms with E-state index in [-0.39, 0.29) is 5.91 Å². The summed E-state index contributed by atoms with van der Waals surface area (Å²) in [7, 11) is 0. The lowest BCUT2D eigenvalue weighted by Crippen LogP contribution is -2.26. The van der Waals surface area contributed by atoms with Crippen LogP contribution < -0.4 is 5.32 Å². The number of amides is 1. The number of rotatable bonds is 4. The third-order valence-corrected chi connectivity index (χ3v) is 4.25. The van der Waals surface area contributed by atoms with Gasteiger partial charge in [0.25, 0.3) is 5.91 Å². The molecule has 2 aromatic carbocycles. The maximum absolute atomic E-state index is 12.8. The van der Waals surface area contributed by atoms with E-state index in [0.717, 1.165) is 35.5 Å². The van der Waals surface area contributed by atoms with Crippen molar-refractivity contribution in [1.82, 2.24) is 15.1 Å². The topological polar surface area (TPSA) is 46.9 Å². The lowest BCUT2D eigenvalue weighted by atomic mass is 10.0. The van der Waals surface area contributed by atoms with Crippen LogP contribution in [0, 0.1) is 6.92 Å². The Morgan fingerprint density at radius 1 is 1.04 bits per heavy atom. The minimum Gasteiger partial charge on any atom is -0.349 e. The Bertz CT molecular complexity index is 865. The quantitative estimate of drug-likeness (QED) is 0.797. The highest BCUT2D eigenvalue weighted by Gasteiger charge is 2.28. The number of carbonyl (C=O) groups excluding carboxylic acids is 1. The van der Waals surface area contributed by atoms with Crippen LogP contribution >= 0.6 is 0 Å². The first-order chi connectivity index (χ1) is 11.7. The zero-order valence-corrected chi connectivity index (χ0v) is 13.6. The van der Waals surface area contributed by atoms with E-state index in [0.29, 0.717) is 11.6 Å².